The lowest BCUT2D eigenvalue weighted by molar-refractivity contribution is -0.159. The lowest BCUT2D eigenvalue weighted by Crippen LogP contribution is -2.18. The summed E-state index contributed by atoms with van der Waals surface area (Å²) in [4.78, 5) is 18.2. The minimum absolute atomic E-state index is 0.263. The van der Waals surface area contributed by atoms with Crippen LogP contribution in [0.25, 0.3) is 0 Å². The van der Waals surface area contributed by atoms with Gasteiger partial charge in [0.05, 0.1) is 6.61 Å². The number of aliphatic carboxylic acids is 2. The third-order valence-electron chi connectivity index (χ3n) is 2.02. The molecule has 7 nitrogen and oxygen atoms in total. The fourth-order valence-corrected chi connectivity index (χ4v) is 1.29. The number of nitrogens with one attached hydrogen (secondary N) is 1. The molecule has 0 amide bonds. The number of aromatic hydroxyl groups is 1. The summed E-state index contributed by atoms with van der Waals surface area (Å²) in [6.07, 6.45) is 0. The average Bonchev–Trinajstić information content (AvgIpc) is 2.39. The summed E-state index contributed by atoms with van der Waals surface area (Å²) < 4.78 is 4.88. The molecular weight excluding hydrogens is 290 g/mol. The Balaban J connectivity index is 0.000000511. The Hall–Kier alpha value is -1.83. The molecule has 4 N–H and O–H groups in total. The molecule has 0 fully saturated rings. The van der Waals surface area contributed by atoms with E-state index in [0.29, 0.717) is 18.2 Å². The Labute approximate surface area is 120 Å². The van der Waals surface area contributed by atoms with Crippen molar-refractivity contribution in [3.63, 3.8) is 0 Å². The predicted molar refractivity (Wildman–Crippen MR) is 72.0 cm³/mol. The molecule has 20 heavy (non-hydrogen) atoms. The number of phenolic OH excluding ortho intramolecular Hbond substituents is 1. The zero-order chi connectivity index (χ0) is 15.5. The van der Waals surface area contributed by atoms with Crippen LogP contribution >= 0.6 is 11.6 Å². The van der Waals surface area contributed by atoms with Gasteiger partial charge in [-0.05, 0) is 18.2 Å². The first-order valence-corrected chi connectivity index (χ1v) is 5.89. The van der Waals surface area contributed by atoms with E-state index in [2.05, 4.69) is 5.32 Å². The maximum absolute atomic E-state index is 9.46. The van der Waals surface area contributed by atoms with Gasteiger partial charge in [-0.25, -0.2) is 9.59 Å². The molecule has 0 aromatic heterocycles. The second-order valence-electron chi connectivity index (χ2n) is 3.55. The highest BCUT2D eigenvalue weighted by atomic mass is 35.5. The Kier molecular flexibility index (Phi) is 9.10. The van der Waals surface area contributed by atoms with E-state index in [1.54, 1.807) is 25.3 Å². The van der Waals surface area contributed by atoms with Gasteiger partial charge in [-0.15, -0.1) is 0 Å². The smallest absolute Gasteiger partial charge is 0.414 e. The van der Waals surface area contributed by atoms with Crippen LogP contribution in [0.1, 0.15) is 5.56 Å². The number of ether oxygens (including phenoxy) is 1. The molecule has 0 aliphatic rings. The number of rotatable bonds is 5. The van der Waals surface area contributed by atoms with E-state index in [4.69, 9.17) is 36.1 Å². The SMILES string of the molecule is COCCNCc1cc(Cl)ccc1O.O=C(O)C(=O)O. The van der Waals surface area contributed by atoms with Gasteiger partial charge in [-0.2, -0.15) is 0 Å². The number of carbonyl (C=O) groups is 2. The van der Waals surface area contributed by atoms with E-state index < -0.39 is 11.9 Å². The number of carboxylic acids is 2. The molecule has 1 aromatic carbocycles. The normalized spacial score (nSPS) is 9.50. The quantitative estimate of drug-likeness (QED) is 0.472. The van der Waals surface area contributed by atoms with Crippen molar-refractivity contribution in [1.82, 2.24) is 5.32 Å². The van der Waals surface area contributed by atoms with Gasteiger partial charge in [0.25, 0.3) is 0 Å². The first-order chi connectivity index (χ1) is 9.38. The summed E-state index contributed by atoms with van der Waals surface area (Å²) in [5.41, 5.74) is 0.800. The molecule has 0 bridgehead atoms. The Bertz CT molecular complexity index is 440. The van der Waals surface area contributed by atoms with Crippen LogP contribution in [-0.2, 0) is 20.9 Å². The van der Waals surface area contributed by atoms with Crippen molar-refractivity contribution < 1.29 is 29.6 Å². The third-order valence-corrected chi connectivity index (χ3v) is 2.26. The molecule has 0 spiro atoms. The highest BCUT2D eigenvalue weighted by molar-refractivity contribution is 6.30. The number of halogens is 1. The lowest BCUT2D eigenvalue weighted by atomic mass is 10.2. The monoisotopic (exact) mass is 305 g/mol. The van der Waals surface area contributed by atoms with E-state index in [0.717, 1.165) is 12.1 Å². The Morgan fingerprint density at radius 2 is 1.90 bits per heavy atom. The van der Waals surface area contributed by atoms with Crippen molar-refractivity contribution in [1.29, 1.82) is 0 Å². The summed E-state index contributed by atoms with van der Waals surface area (Å²) in [5, 5.41) is 28.0. The molecule has 0 radical (unpaired) electrons. The molecule has 112 valence electrons. The minimum Gasteiger partial charge on any atom is -0.508 e. The number of phenols is 1. The van der Waals surface area contributed by atoms with Crippen LogP contribution in [0.4, 0.5) is 0 Å². The van der Waals surface area contributed by atoms with Crippen LogP contribution in [0.15, 0.2) is 18.2 Å². The number of hydrogen-bond donors (Lipinski definition) is 4. The predicted octanol–water partition coefficient (Wildman–Crippen LogP) is 0.937. The van der Waals surface area contributed by atoms with Crippen molar-refractivity contribution in [3.05, 3.63) is 28.8 Å². The fraction of sp³-hybridized carbons (Fsp3) is 0.333. The van der Waals surface area contributed by atoms with E-state index in [9.17, 15) is 5.11 Å². The summed E-state index contributed by atoms with van der Waals surface area (Å²) in [5.74, 6) is -3.38. The maximum atomic E-state index is 9.46. The van der Waals surface area contributed by atoms with Crippen LogP contribution in [0.3, 0.4) is 0 Å². The van der Waals surface area contributed by atoms with E-state index in [-0.39, 0.29) is 5.75 Å². The van der Waals surface area contributed by atoms with Gasteiger partial charge in [-0.1, -0.05) is 11.6 Å². The van der Waals surface area contributed by atoms with E-state index in [1.165, 1.54) is 0 Å². The van der Waals surface area contributed by atoms with Crippen molar-refractivity contribution in [2.45, 2.75) is 6.54 Å². The molecule has 0 unspecified atom stereocenters. The molecule has 1 aromatic rings. The summed E-state index contributed by atoms with van der Waals surface area (Å²) >= 11 is 5.79. The molecule has 1 rings (SSSR count). The third kappa shape index (κ3) is 8.30. The first kappa shape index (κ1) is 18.2. The fourth-order valence-electron chi connectivity index (χ4n) is 1.09. The summed E-state index contributed by atoms with van der Waals surface area (Å²) in [7, 11) is 1.65. The van der Waals surface area contributed by atoms with Crippen LogP contribution in [0.2, 0.25) is 5.02 Å². The lowest BCUT2D eigenvalue weighted by Gasteiger charge is -2.06. The molecular formula is C12H16ClNO6. The summed E-state index contributed by atoms with van der Waals surface area (Å²) in [6.45, 7) is 2.00. The van der Waals surface area contributed by atoms with Crippen LogP contribution in [-0.4, -0.2) is 47.5 Å². The molecule has 0 saturated heterocycles. The summed E-state index contributed by atoms with van der Waals surface area (Å²) in [6, 6.07) is 5.00. The van der Waals surface area contributed by atoms with Crippen molar-refractivity contribution >= 4 is 23.5 Å². The Morgan fingerprint density at radius 3 is 2.40 bits per heavy atom. The zero-order valence-electron chi connectivity index (χ0n) is 10.8. The maximum Gasteiger partial charge on any atom is 0.414 e. The molecule has 0 saturated carbocycles. The highest BCUT2D eigenvalue weighted by Gasteiger charge is 2.04. The van der Waals surface area contributed by atoms with Crippen LogP contribution in [0, 0.1) is 0 Å². The zero-order valence-corrected chi connectivity index (χ0v) is 11.6. The average molecular weight is 306 g/mol. The standard InChI is InChI=1S/C10H14ClNO2.C2H2O4/c1-14-5-4-12-7-8-6-9(11)2-3-10(8)13;3-1(4)2(5)6/h2-3,6,12-13H,4-5,7H2,1H3;(H,3,4)(H,5,6). The van der Waals surface area contributed by atoms with Crippen molar-refractivity contribution in [3.8, 4) is 5.75 Å². The Morgan fingerprint density at radius 1 is 1.30 bits per heavy atom. The van der Waals surface area contributed by atoms with Crippen molar-refractivity contribution in [2.75, 3.05) is 20.3 Å². The molecule has 8 heteroatoms. The number of hydrogen-bond acceptors (Lipinski definition) is 5. The molecule has 0 atom stereocenters. The van der Waals surface area contributed by atoms with Crippen LogP contribution < -0.4 is 5.32 Å². The molecule has 0 heterocycles. The van der Waals surface area contributed by atoms with Gasteiger partial charge in [0.2, 0.25) is 0 Å². The van der Waals surface area contributed by atoms with Crippen LogP contribution in [0.5, 0.6) is 5.75 Å². The highest BCUT2D eigenvalue weighted by Crippen LogP contribution is 2.20. The molecule has 0 aliphatic carbocycles. The van der Waals surface area contributed by atoms with Gasteiger partial charge >= 0.3 is 11.9 Å². The number of methoxy groups -OCH3 is 1. The molecule has 0 aliphatic heterocycles. The minimum atomic E-state index is -1.82. The van der Waals surface area contributed by atoms with Gasteiger partial charge in [0.15, 0.2) is 0 Å². The largest absolute Gasteiger partial charge is 0.508 e. The van der Waals surface area contributed by atoms with Gasteiger partial charge in [0.1, 0.15) is 5.75 Å². The second-order valence-corrected chi connectivity index (χ2v) is 3.99. The van der Waals surface area contributed by atoms with Gasteiger partial charge < -0.3 is 25.4 Å². The van der Waals surface area contributed by atoms with Gasteiger partial charge in [0, 0.05) is 30.8 Å². The first-order valence-electron chi connectivity index (χ1n) is 5.51. The van der Waals surface area contributed by atoms with E-state index in [1.807, 2.05) is 0 Å². The van der Waals surface area contributed by atoms with Gasteiger partial charge in [-0.3, -0.25) is 0 Å². The van der Waals surface area contributed by atoms with E-state index >= 15 is 0 Å². The van der Waals surface area contributed by atoms with Crippen molar-refractivity contribution in [2.24, 2.45) is 0 Å². The number of carboxylic acid groups (broad SMARTS) is 2. The second kappa shape index (κ2) is 10.0. The number of benzene rings is 1. The topological polar surface area (TPSA) is 116 Å².